The summed E-state index contributed by atoms with van der Waals surface area (Å²) in [6, 6.07) is 12.1. The molecular weight excluding hydrogens is 571 g/mol. The number of sulfonamides is 1. The number of carbonyl (C=O) groups is 1. The summed E-state index contributed by atoms with van der Waals surface area (Å²) in [5.41, 5.74) is -1.19. The molecule has 0 atom stereocenters. The van der Waals surface area contributed by atoms with Gasteiger partial charge in [-0.3, -0.25) is 9.59 Å². The van der Waals surface area contributed by atoms with E-state index in [4.69, 9.17) is 34.8 Å². The van der Waals surface area contributed by atoms with E-state index in [1.165, 1.54) is 23.7 Å². The maximum Gasteiger partial charge on any atom is 0.333 e. The number of amides is 1. The Balaban J connectivity index is 1.80. The van der Waals surface area contributed by atoms with E-state index < -0.39 is 27.2 Å². The second-order valence-electron chi connectivity index (χ2n) is 7.66. The van der Waals surface area contributed by atoms with Crippen LogP contribution in [0.2, 0.25) is 13.7 Å². The number of para-hydroxylation sites is 1. The van der Waals surface area contributed by atoms with Gasteiger partial charge in [-0.15, -0.1) is 11.3 Å². The van der Waals surface area contributed by atoms with E-state index >= 15 is 0 Å². The highest BCUT2D eigenvalue weighted by Gasteiger charge is 2.30. The molecule has 0 spiro atoms. The third-order valence-electron chi connectivity index (χ3n) is 5.52. The molecule has 5 rings (SSSR count). The molecule has 184 valence electrons. The van der Waals surface area contributed by atoms with Crippen molar-refractivity contribution in [3.05, 3.63) is 88.8 Å². The van der Waals surface area contributed by atoms with Crippen molar-refractivity contribution in [2.24, 2.45) is 7.05 Å². The van der Waals surface area contributed by atoms with E-state index in [9.17, 15) is 22.8 Å². The van der Waals surface area contributed by atoms with Gasteiger partial charge in [-0.25, -0.2) is 22.5 Å². The molecule has 0 aliphatic rings. The molecular formula is C22H13Cl3N4O5S2. The van der Waals surface area contributed by atoms with Crippen molar-refractivity contribution < 1.29 is 13.2 Å². The van der Waals surface area contributed by atoms with Crippen molar-refractivity contribution in [3.63, 3.8) is 0 Å². The van der Waals surface area contributed by atoms with Crippen LogP contribution in [0.15, 0.2) is 63.0 Å². The number of aryl methyl sites for hydroxylation is 1. The number of benzene rings is 2. The van der Waals surface area contributed by atoms with Crippen LogP contribution in [0.1, 0.15) is 10.5 Å². The molecule has 14 heteroatoms. The van der Waals surface area contributed by atoms with Crippen LogP contribution in [-0.2, 0) is 17.1 Å². The Labute approximate surface area is 221 Å². The maximum absolute atomic E-state index is 13.5. The van der Waals surface area contributed by atoms with Crippen molar-refractivity contribution in [2.75, 3.05) is 0 Å². The van der Waals surface area contributed by atoms with Gasteiger partial charge >= 0.3 is 5.69 Å². The fraction of sp³-hybridized carbons (Fsp3) is 0.0455. The molecule has 0 radical (unpaired) electrons. The van der Waals surface area contributed by atoms with Crippen LogP contribution in [0.25, 0.3) is 27.5 Å². The van der Waals surface area contributed by atoms with Crippen LogP contribution in [0.4, 0.5) is 0 Å². The Kier molecular flexibility index (Phi) is 6.00. The van der Waals surface area contributed by atoms with Gasteiger partial charge in [0.1, 0.15) is 14.9 Å². The van der Waals surface area contributed by atoms with Crippen LogP contribution in [0.3, 0.4) is 0 Å². The van der Waals surface area contributed by atoms with E-state index in [0.29, 0.717) is 11.0 Å². The molecule has 0 aliphatic heterocycles. The first-order valence-corrected chi connectivity index (χ1v) is 13.5. The first-order valence-electron chi connectivity index (χ1n) is 10.0. The first-order chi connectivity index (χ1) is 17.0. The fourth-order valence-electron chi connectivity index (χ4n) is 3.98. The van der Waals surface area contributed by atoms with Gasteiger partial charge in [0.25, 0.3) is 21.5 Å². The monoisotopic (exact) mass is 582 g/mol. The van der Waals surface area contributed by atoms with Gasteiger partial charge in [0.2, 0.25) is 0 Å². The summed E-state index contributed by atoms with van der Waals surface area (Å²) in [5, 5.41) is 0.751. The average Bonchev–Trinajstić information content (AvgIpc) is 3.29. The molecule has 36 heavy (non-hydrogen) atoms. The molecule has 3 heterocycles. The summed E-state index contributed by atoms with van der Waals surface area (Å²) in [6.45, 7) is 0. The number of thiophene rings is 1. The molecule has 5 aromatic rings. The second kappa shape index (κ2) is 8.79. The SMILES string of the molecule is Cn1c(C(=O)NS(=O)(=O)c2cc(Cl)sc2Cl)c(-n2c(=O)[nH]c3ccccc3c2=O)c2cc(Cl)ccc21. The number of hydrogen-bond acceptors (Lipinski definition) is 6. The van der Waals surface area contributed by atoms with Crippen LogP contribution in [0.5, 0.6) is 0 Å². The van der Waals surface area contributed by atoms with Crippen molar-refractivity contribution >= 4 is 83.9 Å². The molecule has 9 nitrogen and oxygen atoms in total. The molecule has 1 amide bonds. The van der Waals surface area contributed by atoms with Gasteiger partial charge in [-0.05, 0) is 36.4 Å². The van der Waals surface area contributed by atoms with E-state index in [1.807, 2.05) is 4.72 Å². The van der Waals surface area contributed by atoms with Gasteiger partial charge in [0.15, 0.2) is 0 Å². The van der Waals surface area contributed by atoms with E-state index in [-0.39, 0.29) is 40.7 Å². The Hall–Kier alpha value is -3.09. The Morgan fingerprint density at radius 1 is 1.03 bits per heavy atom. The first kappa shape index (κ1) is 24.6. The second-order valence-corrected chi connectivity index (χ2v) is 12.0. The molecule has 3 aromatic heterocycles. The lowest BCUT2D eigenvalue weighted by atomic mass is 10.2. The number of hydrogen-bond donors (Lipinski definition) is 2. The highest BCUT2D eigenvalue weighted by molar-refractivity contribution is 7.90. The largest absolute Gasteiger partial charge is 0.338 e. The molecule has 0 aliphatic carbocycles. The zero-order valence-corrected chi connectivity index (χ0v) is 21.9. The lowest BCUT2D eigenvalue weighted by Crippen LogP contribution is -2.37. The summed E-state index contributed by atoms with van der Waals surface area (Å²) >= 11 is 18.9. The van der Waals surface area contributed by atoms with Crippen LogP contribution in [0, 0.1) is 0 Å². The van der Waals surface area contributed by atoms with Gasteiger partial charge in [-0.2, -0.15) is 0 Å². The van der Waals surface area contributed by atoms with Gasteiger partial charge in [-0.1, -0.05) is 46.9 Å². The summed E-state index contributed by atoms with van der Waals surface area (Å²) < 4.78 is 30.0. The molecule has 2 N–H and O–H groups in total. The number of aromatic amines is 1. The molecule has 2 aromatic carbocycles. The van der Waals surface area contributed by atoms with Gasteiger partial charge < -0.3 is 9.55 Å². The number of H-pyrrole nitrogens is 1. The van der Waals surface area contributed by atoms with Gasteiger partial charge in [0, 0.05) is 17.5 Å². The third-order valence-corrected chi connectivity index (χ3v) is 8.84. The lowest BCUT2D eigenvalue weighted by molar-refractivity contribution is 0.0974. The Morgan fingerprint density at radius 2 is 1.75 bits per heavy atom. The minimum atomic E-state index is -4.45. The number of rotatable bonds is 4. The number of fused-ring (bicyclic) bond motifs is 2. The van der Waals surface area contributed by atoms with Gasteiger partial charge in [0.05, 0.1) is 26.4 Å². The minimum Gasteiger partial charge on any atom is -0.338 e. The number of halogens is 3. The predicted molar refractivity (Wildman–Crippen MR) is 141 cm³/mol. The smallest absolute Gasteiger partial charge is 0.333 e. The lowest BCUT2D eigenvalue weighted by Gasteiger charge is -2.11. The standard InChI is InChI=1S/C22H13Cl3N4O5S2/c1-28-14-7-6-10(23)8-12(14)17(29-21(31)11-4-2-3-5-13(11)26-22(29)32)18(28)20(30)27-36(33,34)15-9-16(24)35-19(15)25/h2-9H,1H3,(H,26,32)(H,27,30). The van der Waals surface area contributed by atoms with Crippen molar-refractivity contribution in [1.29, 1.82) is 0 Å². The number of nitrogens with zero attached hydrogens (tertiary/aromatic N) is 2. The summed E-state index contributed by atoms with van der Waals surface area (Å²) in [4.78, 5) is 42.2. The highest BCUT2D eigenvalue weighted by Crippen LogP contribution is 2.35. The van der Waals surface area contributed by atoms with Crippen molar-refractivity contribution in [2.45, 2.75) is 4.90 Å². The molecule has 0 bridgehead atoms. The normalized spacial score (nSPS) is 11.9. The number of carbonyl (C=O) groups excluding carboxylic acids is 1. The van der Waals surface area contributed by atoms with Crippen LogP contribution >= 0.6 is 46.1 Å². The summed E-state index contributed by atoms with van der Waals surface area (Å²) in [6.07, 6.45) is 0. The zero-order valence-electron chi connectivity index (χ0n) is 18.0. The fourth-order valence-corrected chi connectivity index (χ4v) is 7.26. The number of nitrogens with one attached hydrogen (secondary N) is 2. The topological polar surface area (TPSA) is 123 Å². The number of aromatic nitrogens is 3. The van der Waals surface area contributed by atoms with Crippen molar-refractivity contribution in [3.8, 4) is 5.69 Å². The predicted octanol–water partition coefficient (Wildman–Crippen LogP) is 4.31. The summed E-state index contributed by atoms with van der Waals surface area (Å²) in [5.74, 6) is -1.10. The highest BCUT2D eigenvalue weighted by atomic mass is 35.5. The Morgan fingerprint density at radius 3 is 2.44 bits per heavy atom. The quantitative estimate of drug-likeness (QED) is 0.326. The maximum atomic E-state index is 13.5. The molecule has 0 fully saturated rings. The third kappa shape index (κ3) is 3.93. The molecule has 0 unspecified atom stereocenters. The van der Waals surface area contributed by atoms with Crippen molar-refractivity contribution in [1.82, 2.24) is 18.8 Å². The van der Waals surface area contributed by atoms with E-state index in [2.05, 4.69) is 4.98 Å². The average molecular weight is 584 g/mol. The van der Waals surface area contributed by atoms with Crippen LogP contribution < -0.4 is 16.0 Å². The van der Waals surface area contributed by atoms with Crippen LogP contribution in [-0.4, -0.2) is 28.4 Å². The van der Waals surface area contributed by atoms with E-state index in [1.54, 1.807) is 30.3 Å². The summed E-state index contributed by atoms with van der Waals surface area (Å²) in [7, 11) is -2.96. The Bertz CT molecular complexity index is 1950. The molecule has 0 saturated heterocycles. The zero-order chi connectivity index (χ0) is 25.9. The minimum absolute atomic E-state index is 0.113. The van der Waals surface area contributed by atoms with E-state index in [0.717, 1.165) is 22.0 Å². The molecule has 0 saturated carbocycles.